The average Bonchev–Trinajstić information content (AvgIpc) is 3.76. The van der Waals surface area contributed by atoms with Crippen LogP contribution in [0.1, 0.15) is 48.8 Å². The minimum Gasteiger partial charge on any atom is -0.248 e. The van der Waals surface area contributed by atoms with Gasteiger partial charge in [0.2, 0.25) is 0 Å². The summed E-state index contributed by atoms with van der Waals surface area (Å²) in [6, 6.07) is 55.9. The lowest BCUT2D eigenvalue weighted by atomic mass is 9.42. The third kappa shape index (κ3) is 4.56. The number of hydrogen-bond acceptors (Lipinski definition) is 3. The van der Waals surface area contributed by atoms with Crippen LogP contribution in [0.5, 0.6) is 0 Å². The van der Waals surface area contributed by atoms with E-state index in [-0.39, 0.29) is 5.41 Å². The van der Waals surface area contributed by atoms with Crippen molar-refractivity contribution < 1.29 is 0 Å². The molecule has 6 aromatic carbocycles. The monoisotopic (exact) mass is 722 g/mol. The number of rotatable bonds is 4. The summed E-state index contributed by atoms with van der Waals surface area (Å²) >= 11 is 1.85. The fourth-order valence-electron chi connectivity index (χ4n) is 12.0. The molecule has 1 spiro atoms. The van der Waals surface area contributed by atoms with Gasteiger partial charge in [-0.05, 0) is 137 Å². The van der Waals surface area contributed by atoms with Gasteiger partial charge in [-0.1, -0.05) is 109 Å². The maximum Gasteiger partial charge on any atom is 0.0998 e. The molecule has 4 fully saturated rings. The Labute approximate surface area is 325 Å². The molecule has 0 unspecified atom stereocenters. The van der Waals surface area contributed by atoms with E-state index >= 15 is 0 Å². The minimum absolute atomic E-state index is 0.0198. The predicted molar refractivity (Wildman–Crippen MR) is 227 cm³/mol. The topological polar surface area (TPSA) is 36.7 Å². The molecule has 3 heteroatoms. The van der Waals surface area contributed by atoms with Crippen molar-refractivity contribution in [1.29, 1.82) is 5.26 Å². The Balaban J connectivity index is 1.07. The van der Waals surface area contributed by atoms with Crippen LogP contribution >= 0.6 is 11.3 Å². The summed E-state index contributed by atoms with van der Waals surface area (Å²) in [5.41, 5.74) is 15.5. The molecule has 0 amide bonds. The number of benzene rings is 6. The molecule has 0 radical (unpaired) electrons. The smallest absolute Gasteiger partial charge is 0.0998 e. The molecule has 262 valence electrons. The Kier molecular flexibility index (Phi) is 6.78. The summed E-state index contributed by atoms with van der Waals surface area (Å²) in [6.07, 6.45) is 6.70. The molecule has 2 nitrogen and oxygen atoms in total. The van der Waals surface area contributed by atoms with Crippen molar-refractivity contribution in [2.45, 2.75) is 37.5 Å². The van der Waals surface area contributed by atoms with E-state index in [1.54, 1.807) is 0 Å². The zero-order valence-corrected chi connectivity index (χ0v) is 31.3. The highest BCUT2D eigenvalue weighted by Gasteiger charge is 2.62. The Morgan fingerprint density at radius 3 is 1.96 bits per heavy atom. The standard InChI is InChI=1S/C52H38N2S/c53-30-36-11-4-5-12-40(36)43-14-8-15-44-45-26-34(18-20-46(45)52(51(43)44)38-22-31-21-32(24-38)25-39(52)23-31)37-27-47(33-9-2-1-3-10-33)54-48(28-37)35-17-19-42-41-13-6-7-16-49(41)55-50(42)29-35/h1-20,26-29,31-32,38-39H,21-25H2. The van der Waals surface area contributed by atoms with Crippen LogP contribution in [-0.4, -0.2) is 4.98 Å². The molecule has 0 N–H and O–H groups in total. The first-order valence-corrected chi connectivity index (χ1v) is 20.7. The molecule has 4 bridgehead atoms. The lowest BCUT2D eigenvalue weighted by molar-refractivity contribution is -0.0397. The van der Waals surface area contributed by atoms with Crippen molar-refractivity contribution in [3.63, 3.8) is 0 Å². The van der Waals surface area contributed by atoms with Gasteiger partial charge < -0.3 is 0 Å². The zero-order chi connectivity index (χ0) is 36.3. The van der Waals surface area contributed by atoms with Gasteiger partial charge in [-0.3, -0.25) is 0 Å². The van der Waals surface area contributed by atoms with Crippen LogP contribution < -0.4 is 0 Å². The van der Waals surface area contributed by atoms with E-state index in [4.69, 9.17) is 4.98 Å². The molecule has 2 heterocycles. The summed E-state index contributed by atoms with van der Waals surface area (Å²) in [4.78, 5) is 5.33. The Morgan fingerprint density at radius 2 is 1.16 bits per heavy atom. The van der Waals surface area contributed by atoms with E-state index in [0.29, 0.717) is 11.8 Å². The fraction of sp³-hybridized carbons (Fsp3) is 0.192. The van der Waals surface area contributed by atoms with E-state index < -0.39 is 0 Å². The third-order valence-electron chi connectivity index (χ3n) is 13.9. The highest BCUT2D eigenvalue weighted by atomic mass is 32.1. The number of aromatic nitrogens is 1. The molecule has 0 atom stereocenters. The van der Waals surface area contributed by atoms with E-state index in [0.717, 1.165) is 45.5 Å². The molecule has 13 rings (SSSR count). The fourth-order valence-corrected chi connectivity index (χ4v) is 13.1. The molecular weight excluding hydrogens is 685 g/mol. The van der Waals surface area contributed by atoms with E-state index in [1.165, 1.54) is 91.2 Å². The molecule has 0 aliphatic heterocycles. The number of thiophene rings is 1. The van der Waals surface area contributed by atoms with Crippen molar-refractivity contribution in [2.75, 3.05) is 0 Å². The largest absolute Gasteiger partial charge is 0.248 e. The van der Waals surface area contributed by atoms with Crippen molar-refractivity contribution in [3.05, 3.63) is 162 Å². The lowest BCUT2D eigenvalue weighted by Crippen LogP contribution is -2.55. The second-order valence-electron chi connectivity index (χ2n) is 16.6. The number of nitriles is 1. The van der Waals surface area contributed by atoms with Crippen LogP contribution in [0, 0.1) is 35.0 Å². The second-order valence-corrected chi connectivity index (χ2v) is 17.7. The van der Waals surface area contributed by atoms with Crippen LogP contribution in [0.2, 0.25) is 0 Å². The second kappa shape index (κ2) is 11.8. The quantitative estimate of drug-likeness (QED) is 0.181. The van der Waals surface area contributed by atoms with Gasteiger partial charge in [-0.25, -0.2) is 4.98 Å². The third-order valence-corrected chi connectivity index (χ3v) is 15.0. The minimum atomic E-state index is -0.0198. The number of pyridine rings is 1. The van der Waals surface area contributed by atoms with Gasteiger partial charge in [0.25, 0.3) is 0 Å². The molecule has 55 heavy (non-hydrogen) atoms. The zero-order valence-electron chi connectivity index (χ0n) is 30.5. The van der Waals surface area contributed by atoms with Gasteiger partial charge >= 0.3 is 0 Å². The summed E-state index contributed by atoms with van der Waals surface area (Å²) in [5.74, 6) is 2.98. The van der Waals surface area contributed by atoms with E-state index in [9.17, 15) is 5.26 Å². The van der Waals surface area contributed by atoms with Crippen LogP contribution in [0.3, 0.4) is 0 Å². The lowest BCUT2D eigenvalue weighted by Gasteiger charge is -2.61. The van der Waals surface area contributed by atoms with Crippen LogP contribution in [0.15, 0.2) is 146 Å². The normalized spacial score (nSPS) is 23.0. The number of nitrogens with zero attached hydrogens (tertiary/aromatic N) is 2. The highest BCUT2D eigenvalue weighted by molar-refractivity contribution is 7.25. The van der Waals surface area contributed by atoms with Crippen LogP contribution in [0.4, 0.5) is 0 Å². The van der Waals surface area contributed by atoms with Gasteiger partial charge in [0, 0.05) is 36.7 Å². The Bertz CT molecular complexity index is 2880. The van der Waals surface area contributed by atoms with E-state index in [2.05, 4.69) is 140 Å². The number of hydrogen-bond donors (Lipinski definition) is 0. The maximum absolute atomic E-state index is 10.3. The van der Waals surface area contributed by atoms with Crippen molar-refractivity contribution in [2.24, 2.45) is 23.7 Å². The van der Waals surface area contributed by atoms with Crippen LogP contribution in [-0.2, 0) is 5.41 Å². The highest BCUT2D eigenvalue weighted by Crippen LogP contribution is 2.70. The first-order valence-electron chi connectivity index (χ1n) is 19.9. The summed E-state index contributed by atoms with van der Waals surface area (Å²) in [6.45, 7) is 0. The molecule has 5 aliphatic rings. The van der Waals surface area contributed by atoms with Gasteiger partial charge in [-0.2, -0.15) is 5.26 Å². The Hall–Kier alpha value is -5.82. The summed E-state index contributed by atoms with van der Waals surface area (Å²) < 4.78 is 2.60. The summed E-state index contributed by atoms with van der Waals surface area (Å²) in [7, 11) is 0. The van der Waals surface area contributed by atoms with Crippen molar-refractivity contribution >= 4 is 31.5 Å². The van der Waals surface area contributed by atoms with Gasteiger partial charge in [0.15, 0.2) is 0 Å². The predicted octanol–water partition coefficient (Wildman–Crippen LogP) is 13.7. The van der Waals surface area contributed by atoms with Crippen molar-refractivity contribution in [1.82, 2.24) is 4.98 Å². The Morgan fingerprint density at radius 1 is 0.509 bits per heavy atom. The SMILES string of the molecule is N#Cc1ccccc1-c1cccc2c1C1(c3ccc(-c4cc(-c5ccccc5)nc(-c5ccc6c(c5)sc5ccccc56)c4)cc3-2)C2CC3CC(C2)CC1C3. The first kappa shape index (κ1) is 31.5. The molecule has 4 saturated carbocycles. The number of fused-ring (bicyclic) bond motifs is 6. The summed E-state index contributed by atoms with van der Waals surface area (Å²) in [5, 5.41) is 12.9. The van der Waals surface area contributed by atoms with Gasteiger partial charge in [0.1, 0.15) is 0 Å². The van der Waals surface area contributed by atoms with Crippen molar-refractivity contribution in [3.8, 4) is 62.0 Å². The molecule has 8 aromatic rings. The molecule has 2 aromatic heterocycles. The molecule has 5 aliphatic carbocycles. The maximum atomic E-state index is 10.3. The molecule has 0 saturated heterocycles. The molecular formula is C52H38N2S. The van der Waals surface area contributed by atoms with Crippen LogP contribution in [0.25, 0.3) is 76.1 Å². The van der Waals surface area contributed by atoms with Gasteiger partial charge in [-0.15, -0.1) is 11.3 Å². The van der Waals surface area contributed by atoms with Gasteiger partial charge in [0.05, 0.1) is 23.0 Å². The van der Waals surface area contributed by atoms with E-state index in [1.807, 2.05) is 23.5 Å². The first-order chi connectivity index (χ1) is 27.2. The average molecular weight is 723 g/mol.